The Morgan fingerprint density at radius 3 is 3.00 bits per heavy atom. The Morgan fingerprint density at radius 1 is 1.55 bits per heavy atom. The smallest absolute Gasteiger partial charge is 0.306 e. The first-order valence-corrected chi connectivity index (χ1v) is 6.04. The Balaban J connectivity index is 2.22. The molecule has 106 valence electrons. The molecule has 0 aliphatic heterocycles. The number of hydrogen-bond donors (Lipinski definition) is 1. The van der Waals surface area contributed by atoms with Gasteiger partial charge in [-0.1, -0.05) is 0 Å². The molecule has 2 rings (SSSR count). The molecule has 0 bridgehead atoms. The standard InChI is InChI=1S/C12H15N5O3/c1-8-5-9(3-4-13-8)12-14-15-16-17(12)7-10(20-2)6-11(18)19/h3-5,10H,6-7H2,1-2H3,(H,18,19). The quantitative estimate of drug-likeness (QED) is 0.821. The van der Waals surface area contributed by atoms with Gasteiger partial charge in [-0.3, -0.25) is 9.78 Å². The summed E-state index contributed by atoms with van der Waals surface area (Å²) in [5, 5.41) is 20.3. The fraction of sp³-hybridized carbons (Fsp3) is 0.417. The van der Waals surface area contributed by atoms with Crippen molar-refractivity contribution < 1.29 is 14.6 Å². The fourth-order valence-electron chi connectivity index (χ4n) is 1.83. The number of carboxylic acid groups (broad SMARTS) is 1. The number of ether oxygens (including phenoxy) is 1. The number of rotatable bonds is 6. The minimum atomic E-state index is -0.925. The number of pyridine rings is 1. The molecule has 1 N–H and O–H groups in total. The molecule has 20 heavy (non-hydrogen) atoms. The molecule has 0 saturated carbocycles. The van der Waals surface area contributed by atoms with Crippen LogP contribution in [0.25, 0.3) is 11.4 Å². The van der Waals surface area contributed by atoms with Crippen LogP contribution in [0.3, 0.4) is 0 Å². The van der Waals surface area contributed by atoms with Crippen molar-refractivity contribution in [2.24, 2.45) is 0 Å². The van der Waals surface area contributed by atoms with Gasteiger partial charge < -0.3 is 9.84 Å². The van der Waals surface area contributed by atoms with Gasteiger partial charge in [0.05, 0.1) is 19.1 Å². The average molecular weight is 277 g/mol. The summed E-state index contributed by atoms with van der Waals surface area (Å²) in [5.74, 6) is -0.367. The van der Waals surface area contributed by atoms with Crippen LogP contribution in [-0.4, -0.2) is 49.5 Å². The maximum atomic E-state index is 10.7. The molecule has 8 heteroatoms. The SMILES string of the molecule is COC(CC(=O)O)Cn1nnnc1-c1ccnc(C)c1. The molecule has 0 spiro atoms. The highest BCUT2D eigenvalue weighted by molar-refractivity contribution is 5.67. The number of nitrogens with zero attached hydrogens (tertiary/aromatic N) is 5. The van der Waals surface area contributed by atoms with E-state index in [1.165, 1.54) is 11.8 Å². The summed E-state index contributed by atoms with van der Waals surface area (Å²) >= 11 is 0. The molecule has 0 aliphatic carbocycles. The number of tetrazole rings is 1. The number of aliphatic carboxylic acids is 1. The van der Waals surface area contributed by atoms with Crippen molar-refractivity contribution in [2.75, 3.05) is 7.11 Å². The van der Waals surface area contributed by atoms with Crippen molar-refractivity contribution in [3.8, 4) is 11.4 Å². The van der Waals surface area contributed by atoms with Crippen LogP contribution in [0.1, 0.15) is 12.1 Å². The summed E-state index contributed by atoms with van der Waals surface area (Å²) in [5.41, 5.74) is 1.68. The van der Waals surface area contributed by atoms with Crippen LogP contribution < -0.4 is 0 Å². The highest BCUT2D eigenvalue weighted by Crippen LogP contribution is 2.16. The maximum absolute atomic E-state index is 10.7. The molecule has 2 aromatic heterocycles. The number of aryl methyl sites for hydroxylation is 1. The normalized spacial score (nSPS) is 12.3. The third-order valence-electron chi connectivity index (χ3n) is 2.80. The van der Waals surface area contributed by atoms with Gasteiger partial charge >= 0.3 is 5.97 Å². The van der Waals surface area contributed by atoms with Gasteiger partial charge in [0, 0.05) is 24.6 Å². The lowest BCUT2D eigenvalue weighted by Gasteiger charge is -2.13. The first-order chi connectivity index (χ1) is 9.60. The zero-order valence-electron chi connectivity index (χ0n) is 11.2. The lowest BCUT2D eigenvalue weighted by Crippen LogP contribution is -2.23. The monoisotopic (exact) mass is 277 g/mol. The lowest BCUT2D eigenvalue weighted by molar-refractivity contribution is -0.139. The highest BCUT2D eigenvalue weighted by Gasteiger charge is 2.17. The summed E-state index contributed by atoms with van der Waals surface area (Å²) in [4.78, 5) is 14.9. The van der Waals surface area contributed by atoms with Crippen molar-refractivity contribution in [2.45, 2.75) is 26.0 Å². The molecule has 2 heterocycles. The number of hydrogen-bond acceptors (Lipinski definition) is 6. The van der Waals surface area contributed by atoms with Crippen molar-refractivity contribution in [3.05, 3.63) is 24.0 Å². The molecule has 8 nitrogen and oxygen atoms in total. The largest absolute Gasteiger partial charge is 0.481 e. The van der Waals surface area contributed by atoms with Gasteiger partial charge in [-0.2, -0.15) is 0 Å². The Hall–Kier alpha value is -2.35. The molecule has 2 aromatic rings. The molecular formula is C12H15N5O3. The third kappa shape index (κ3) is 3.35. The second-order valence-electron chi connectivity index (χ2n) is 4.33. The van der Waals surface area contributed by atoms with Crippen molar-refractivity contribution in [1.29, 1.82) is 0 Å². The number of methoxy groups -OCH3 is 1. The second kappa shape index (κ2) is 6.20. The Bertz CT molecular complexity index is 598. The number of carbonyl (C=O) groups is 1. The van der Waals surface area contributed by atoms with E-state index < -0.39 is 12.1 Å². The number of aromatic nitrogens is 5. The minimum absolute atomic E-state index is 0.106. The van der Waals surface area contributed by atoms with E-state index in [0.29, 0.717) is 5.82 Å². The van der Waals surface area contributed by atoms with E-state index in [1.54, 1.807) is 12.3 Å². The average Bonchev–Trinajstić information content (AvgIpc) is 2.85. The minimum Gasteiger partial charge on any atom is -0.481 e. The maximum Gasteiger partial charge on any atom is 0.306 e. The summed E-state index contributed by atoms with van der Waals surface area (Å²) < 4.78 is 6.67. The van der Waals surface area contributed by atoms with E-state index in [0.717, 1.165) is 11.3 Å². The van der Waals surface area contributed by atoms with Gasteiger partial charge in [-0.05, 0) is 29.5 Å². The molecule has 0 radical (unpaired) electrons. The summed E-state index contributed by atoms with van der Waals surface area (Å²) in [7, 11) is 1.47. The van der Waals surface area contributed by atoms with Gasteiger partial charge in [0.2, 0.25) is 0 Å². The van der Waals surface area contributed by atoms with Crippen molar-refractivity contribution >= 4 is 5.97 Å². The topological polar surface area (TPSA) is 103 Å². The predicted molar refractivity (Wildman–Crippen MR) is 68.8 cm³/mol. The predicted octanol–water partition coefficient (Wildman–Crippen LogP) is 0.533. The van der Waals surface area contributed by atoms with E-state index in [4.69, 9.17) is 9.84 Å². The van der Waals surface area contributed by atoms with Crippen LogP contribution in [0.4, 0.5) is 0 Å². The van der Waals surface area contributed by atoms with Gasteiger partial charge in [0.25, 0.3) is 0 Å². The van der Waals surface area contributed by atoms with Crippen molar-refractivity contribution in [1.82, 2.24) is 25.2 Å². The van der Waals surface area contributed by atoms with Gasteiger partial charge in [0.15, 0.2) is 5.82 Å². The van der Waals surface area contributed by atoms with Crippen LogP contribution in [0.15, 0.2) is 18.3 Å². The lowest BCUT2D eigenvalue weighted by atomic mass is 10.2. The van der Waals surface area contributed by atoms with E-state index in [1.807, 2.05) is 13.0 Å². The summed E-state index contributed by atoms with van der Waals surface area (Å²) in [6.45, 7) is 2.15. The molecule has 1 unspecified atom stereocenters. The van der Waals surface area contributed by atoms with Crippen LogP contribution in [-0.2, 0) is 16.1 Å². The summed E-state index contributed by atoms with van der Waals surface area (Å²) in [6.07, 6.45) is 1.08. The second-order valence-corrected chi connectivity index (χ2v) is 4.33. The number of carboxylic acids is 1. The van der Waals surface area contributed by atoms with E-state index in [-0.39, 0.29) is 13.0 Å². The van der Waals surface area contributed by atoms with Crippen LogP contribution in [0.2, 0.25) is 0 Å². The van der Waals surface area contributed by atoms with E-state index in [2.05, 4.69) is 20.5 Å². The molecule has 0 saturated heterocycles. The zero-order chi connectivity index (χ0) is 14.5. The zero-order valence-corrected chi connectivity index (χ0v) is 11.2. The van der Waals surface area contributed by atoms with E-state index in [9.17, 15) is 4.79 Å². The van der Waals surface area contributed by atoms with Gasteiger partial charge in [0.1, 0.15) is 0 Å². The van der Waals surface area contributed by atoms with Crippen LogP contribution in [0, 0.1) is 6.92 Å². The molecule has 0 fully saturated rings. The highest BCUT2D eigenvalue weighted by atomic mass is 16.5. The molecule has 1 atom stereocenters. The van der Waals surface area contributed by atoms with Crippen LogP contribution in [0.5, 0.6) is 0 Å². The summed E-state index contributed by atoms with van der Waals surface area (Å²) in [6, 6.07) is 3.66. The van der Waals surface area contributed by atoms with Crippen molar-refractivity contribution in [3.63, 3.8) is 0 Å². The Morgan fingerprint density at radius 2 is 2.35 bits per heavy atom. The fourth-order valence-corrected chi connectivity index (χ4v) is 1.83. The molecule has 0 aromatic carbocycles. The van der Waals surface area contributed by atoms with E-state index >= 15 is 0 Å². The Kier molecular flexibility index (Phi) is 4.36. The van der Waals surface area contributed by atoms with Crippen LogP contribution >= 0.6 is 0 Å². The third-order valence-corrected chi connectivity index (χ3v) is 2.80. The van der Waals surface area contributed by atoms with Gasteiger partial charge in [-0.15, -0.1) is 5.10 Å². The molecule has 0 aliphatic rings. The molecule has 0 amide bonds. The first kappa shape index (κ1) is 14.1. The molecular weight excluding hydrogens is 262 g/mol. The first-order valence-electron chi connectivity index (χ1n) is 6.04. The Labute approximate surface area is 115 Å². The van der Waals surface area contributed by atoms with Gasteiger partial charge in [-0.25, -0.2) is 4.68 Å².